The average Bonchev–Trinajstić information content (AvgIpc) is 2.63. The summed E-state index contributed by atoms with van der Waals surface area (Å²) in [5.74, 6) is -1.30. The predicted molar refractivity (Wildman–Crippen MR) is 79.1 cm³/mol. The summed E-state index contributed by atoms with van der Waals surface area (Å²) < 4.78 is 0. The van der Waals surface area contributed by atoms with E-state index in [1.807, 2.05) is 0 Å². The van der Waals surface area contributed by atoms with E-state index in [0.29, 0.717) is 17.9 Å². The zero-order valence-electron chi connectivity index (χ0n) is 10.3. The van der Waals surface area contributed by atoms with E-state index in [-0.39, 0.29) is 33.5 Å². The first-order valence-corrected chi connectivity index (χ1v) is 7.30. The zero-order chi connectivity index (χ0) is 14.4. The molecule has 2 amide bonds. The fourth-order valence-corrected chi connectivity index (χ4v) is 3.57. The molecule has 20 heavy (non-hydrogen) atoms. The van der Waals surface area contributed by atoms with Gasteiger partial charge in [-0.05, 0) is 25.0 Å². The summed E-state index contributed by atoms with van der Waals surface area (Å²) in [6.07, 6.45) is 2.67. The van der Waals surface area contributed by atoms with Crippen LogP contribution in [0.1, 0.15) is 12.8 Å². The summed E-state index contributed by atoms with van der Waals surface area (Å²) >= 11 is 18.2. The number of hydrogen-bond donors (Lipinski definition) is 0. The number of amides is 2. The monoisotopic (exact) mass is 329 g/mol. The first-order chi connectivity index (χ1) is 9.50. The van der Waals surface area contributed by atoms with Gasteiger partial charge >= 0.3 is 0 Å². The number of benzene rings is 1. The fourth-order valence-electron chi connectivity index (χ4n) is 2.75. The van der Waals surface area contributed by atoms with Crippen molar-refractivity contribution in [1.29, 1.82) is 0 Å². The number of rotatable bonds is 1. The van der Waals surface area contributed by atoms with Gasteiger partial charge in [-0.2, -0.15) is 0 Å². The third-order valence-electron chi connectivity index (χ3n) is 3.73. The summed E-state index contributed by atoms with van der Waals surface area (Å²) in [5.41, 5.74) is 0.274. The molecule has 1 fully saturated rings. The largest absolute Gasteiger partial charge is 0.274 e. The van der Waals surface area contributed by atoms with Gasteiger partial charge in [-0.25, -0.2) is 4.90 Å². The minimum absolute atomic E-state index is 0.254. The molecule has 0 aromatic heterocycles. The number of carbonyl (C=O) groups excluding carboxylic acids is 2. The number of allylic oxidation sites excluding steroid dienone is 2. The third kappa shape index (κ3) is 2.05. The van der Waals surface area contributed by atoms with Gasteiger partial charge in [0.05, 0.1) is 27.6 Å². The van der Waals surface area contributed by atoms with E-state index >= 15 is 0 Å². The van der Waals surface area contributed by atoms with Crippen molar-refractivity contribution in [2.45, 2.75) is 12.8 Å². The molecular weight excluding hydrogens is 321 g/mol. The lowest BCUT2D eigenvalue weighted by molar-refractivity contribution is -0.122. The summed E-state index contributed by atoms with van der Waals surface area (Å²) in [6, 6.07) is 4.89. The maximum absolute atomic E-state index is 12.5. The Kier molecular flexibility index (Phi) is 3.53. The average molecular weight is 331 g/mol. The van der Waals surface area contributed by atoms with Crippen molar-refractivity contribution >= 4 is 52.3 Å². The Bertz CT molecular complexity index is 621. The molecular formula is C14H10Cl3NO2. The zero-order valence-corrected chi connectivity index (χ0v) is 12.5. The summed E-state index contributed by atoms with van der Waals surface area (Å²) in [4.78, 5) is 26.1. The van der Waals surface area contributed by atoms with Gasteiger partial charge in [-0.15, -0.1) is 0 Å². The molecule has 0 spiro atoms. The summed E-state index contributed by atoms with van der Waals surface area (Å²) in [5, 5.41) is 1.20. The van der Waals surface area contributed by atoms with Crippen molar-refractivity contribution in [2.75, 3.05) is 4.90 Å². The molecule has 2 atom stereocenters. The Morgan fingerprint density at radius 3 is 2.25 bits per heavy atom. The van der Waals surface area contributed by atoms with E-state index in [2.05, 4.69) is 0 Å². The van der Waals surface area contributed by atoms with E-state index in [9.17, 15) is 9.59 Å². The highest BCUT2D eigenvalue weighted by atomic mass is 35.5. The summed E-state index contributed by atoms with van der Waals surface area (Å²) in [7, 11) is 0. The Hall–Kier alpha value is -1.03. The quantitative estimate of drug-likeness (QED) is 0.729. The molecule has 2 aliphatic rings. The van der Waals surface area contributed by atoms with Crippen molar-refractivity contribution in [3.8, 4) is 0 Å². The Morgan fingerprint density at radius 2 is 1.60 bits per heavy atom. The van der Waals surface area contributed by atoms with Gasteiger partial charge in [0.1, 0.15) is 0 Å². The minimum Gasteiger partial charge on any atom is -0.274 e. The lowest BCUT2D eigenvalue weighted by Crippen LogP contribution is -2.31. The topological polar surface area (TPSA) is 37.4 Å². The molecule has 0 radical (unpaired) electrons. The van der Waals surface area contributed by atoms with Gasteiger partial charge in [-0.3, -0.25) is 9.59 Å². The maximum Gasteiger partial charge on any atom is 0.238 e. The van der Waals surface area contributed by atoms with Crippen LogP contribution in [0.5, 0.6) is 0 Å². The molecule has 0 saturated carbocycles. The molecule has 0 bridgehead atoms. The Balaban J connectivity index is 2.05. The Morgan fingerprint density at radius 1 is 1.00 bits per heavy atom. The van der Waals surface area contributed by atoms with Crippen LogP contribution >= 0.6 is 34.8 Å². The predicted octanol–water partition coefficient (Wildman–Crippen LogP) is 4.02. The highest BCUT2D eigenvalue weighted by Gasteiger charge is 2.49. The lowest BCUT2D eigenvalue weighted by atomic mass is 9.85. The molecule has 6 heteroatoms. The van der Waals surface area contributed by atoms with Gasteiger partial charge in [-0.1, -0.05) is 46.9 Å². The third-order valence-corrected chi connectivity index (χ3v) is 4.65. The van der Waals surface area contributed by atoms with Gasteiger partial charge in [0.25, 0.3) is 0 Å². The summed E-state index contributed by atoms with van der Waals surface area (Å²) in [6.45, 7) is 0. The standard InChI is InChI=1S/C14H10Cl3NO2/c15-7-4-5-8-9(6-7)14(20)18(13(8)19)12-10(16)2-1-3-11(12)17/h1-4,8-9H,5-6H2. The number of carbonyl (C=O) groups is 2. The van der Waals surface area contributed by atoms with Crippen molar-refractivity contribution < 1.29 is 9.59 Å². The molecule has 2 unspecified atom stereocenters. The van der Waals surface area contributed by atoms with Crippen LogP contribution in [0.15, 0.2) is 29.3 Å². The van der Waals surface area contributed by atoms with Gasteiger partial charge < -0.3 is 0 Å². The SMILES string of the molecule is O=C1C2CC=C(Cl)CC2C(=O)N1c1c(Cl)cccc1Cl. The number of para-hydroxylation sites is 1. The van der Waals surface area contributed by atoms with Crippen LogP contribution in [0.25, 0.3) is 0 Å². The van der Waals surface area contributed by atoms with E-state index < -0.39 is 5.92 Å². The first-order valence-electron chi connectivity index (χ1n) is 6.17. The van der Waals surface area contributed by atoms with Crippen LogP contribution in [0.4, 0.5) is 5.69 Å². The van der Waals surface area contributed by atoms with Crippen molar-refractivity contribution in [3.05, 3.63) is 39.4 Å². The molecule has 3 rings (SSSR count). The molecule has 0 N–H and O–H groups in total. The number of nitrogens with zero attached hydrogens (tertiary/aromatic N) is 1. The second-order valence-corrected chi connectivity index (χ2v) is 6.19. The minimum atomic E-state index is -0.410. The van der Waals surface area contributed by atoms with Crippen LogP contribution < -0.4 is 4.90 Å². The van der Waals surface area contributed by atoms with E-state index in [1.165, 1.54) is 0 Å². The number of fused-ring (bicyclic) bond motifs is 1. The van der Waals surface area contributed by atoms with Crippen LogP contribution in [0.2, 0.25) is 10.0 Å². The van der Waals surface area contributed by atoms with Crippen LogP contribution in [0, 0.1) is 11.8 Å². The second kappa shape index (κ2) is 5.06. The van der Waals surface area contributed by atoms with E-state index in [1.54, 1.807) is 24.3 Å². The van der Waals surface area contributed by atoms with E-state index in [0.717, 1.165) is 4.90 Å². The number of anilines is 1. The number of imide groups is 1. The highest BCUT2D eigenvalue weighted by Crippen LogP contribution is 2.44. The van der Waals surface area contributed by atoms with Crippen LogP contribution in [-0.2, 0) is 9.59 Å². The second-order valence-electron chi connectivity index (χ2n) is 4.89. The number of halogens is 3. The number of hydrogen-bond acceptors (Lipinski definition) is 2. The van der Waals surface area contributed by atoms with E-state index in [4.69, 9.17) is 34.8 Å². The first kappa shape index (κ1) is 13.9. The normalized spacial score (nSPS) is 25.8. The Labute approximate surface area is 131 Å². The van der Waals surface area contributed by atoms with Crippen LogP contribution in [-0.4, -0.2) is 11.8 Å². The fraction of sp³-hybridized carbons (Fsp3) is 0.286. The smallest absolute Gasteiger partial charge is 0.238 e. The molecule has 3 nitrogen and oxygen atoms in total. The molecule has 1 aromatic carbocycles. The van der Waals surface area contributed by atoms with Crippen LogP contribution in [0.3, 0.4) is 0 Å². The van der Waals surface area contributed by atoms with Crippen molar-refractivity contribution in [3.63, 3.8) is 0 Å². The van der Waals surface area contributed by atoms with Gasteiger partial charge in [0, 0.05) is 5.03 Å². The highest BCUT2D eigenvalue weighted by molar-refractivity contribution is 6.42. The van der Waals surface area contributed by atoms with Crippen molar-refractivity contribution in [1.82, 2.24) is 0 Å². The molecule has 1 aliphatic heterocycles. The molecule has 1 aromatic rings. The van der Waals surface area contributed by atoms with Gasteiger partial charge in [0.15, 0.2) is 0 Å². The van der Waals surface area contributed by atoms with Crippen molar-refractivity contribution in [2.24, 2.45) is 11.8 Å². The lowest BCUT2D eigenvalue weighted by Gasteiger charge is -2.17. The molecule has 104 valence electrons. The molecule has 1 heterocycles. The van der Waals surface area contributed by atoms with Gasteiger partial charge in [0.2, 0.25) is 11.8 Å². The molecule has 1 saturated heterocycles. The maximum atomic E-state index is 12.5. The molecule has 1 aliphatic carbocycles.